The monoisotopic (exact) mass is 154 g/mol. The highest BCUT2D eigenvalue weighted by Gasteiger charge is 2.01. The summed E-state index contributed by atoms with van der Waals surface area (Å²) in [5.74, 6) is -0.818. The van der Waals surface area contributed by atoms with Crippen LogP contribution in [0.25, 0.3) is 0 Å². The molecule has 2 nitrogen and oxygen atoms in total. The second-order valence-corrected chi connectivity index (χ2v) is 2.91. The topological polar surface area (TPSA) is 37.3 Å². The number of rotatable bonds is 2. The summed E-state index contributed by atoms with van der Waals surface area (Å²) in [5, 5.41) is 10.1. The molecule has 3 heteroatoms. The summed E-state index contributed by atoms with van der Waals surface area (Å²) < 4.78 is 0. The average Bonchev–Trinajstić information content (AvgIpc) is 2.13. The molecule has 0 unspecified atom stereocenters. The van der Waals surface area contributed by atoms with Crippen LogP contribution in [0.2, 0.25) is 0 Å². The van der Waals surface area contributed by atoms with Crippen LogP contribution in [-0.4, -0.2) is 11.1 Å². The summed E-state index contributed by atoms with van der Waals surface area (Å²) in [6.45, 7) is 5.37. The van der Waals surface area contributed by atoms with E-state index in [1.165, 1.54) is 11.3 Å². The molecule has 0 amide bonds. The van der Waals surface area contributed by atoms with Crippen molar-refractivity contribution in [3.8, 4) is 0 Å². The summed E-state index contributed by atoms with van der Waals surface area (Å²) in [5.41, 5.74) is 0.640. The van der Waals surface area contributed by atoms with Crippen LogP contribution in [0.4, 0.5) is 0 Å². The first kappa shape index (κ1) is 7.28. The molecule has 1 N–H and O–H groups in total. The standard InChI is InChI=1S/C7H6O2S/c1-5-2-6(10-4-5)3-7(8)9/h1-2,4H,3H2,(H,8,9). The van der Waals surface area contributed by atoms with E-state index < -0.39 is 5.97 Å². The Hall–Kier alpha value is -0.830. The lowest BCUT2D eigenvalue weighted by Gasteiger charge is -1.85. The van der Waals surface area contributed by atoms with Gasteiger partial charge in [-0.3, -0.25) is 4.79 Å². The molecule has 0 atom stereocenters. The van der Waals surface area contributed by atoms with Crippen LogP contribution in [-0.2, 0) is 11.2 Å². The van der Waals surface area contributed by atoms with E-state index in [9.17, 15) is 4.79 Å². The molecule has 52 valence electrons. The third kappa shape index (κ3) is 1.84. The van der Waals surface area contributed by atoms with Gasteiger partial charge in [0.05, 0.1) is 6.42 Å². The first-order valence-electron chi connectivity index (χ1n) is 2.73. The van der Waals surface area contributed by atoms with Gasteiger partial charge < -0.3 is 5.11 Å². The molecule has 0 aliphatic rings. The Kier molecular flexibility index (Phi) is 2.06. The van der Waals surface area contributed by atoms with Crippen LogP contribution in [0.3, 0.4) is 0 Å². The predicted molar refractivity (Wildman–Crippen MR) is 39.1 cm³/mol. The molecule has 1 aromatic rings. The lowest BCUT2D eigenvalue weighted by molar-refractivity contribution is -0.136. The van der Waals surface area contributed by atoms with Crippen molar-refractivity contribution in [3.05, 3.63) is 28.8 Å². The largest absolute Gasteiger partial charge is 0.481 e. The highest BCUT2D eigenvalue weighted by atomic mass is 32.1. The van der Waals surface area contributed by atoms with E-state index in [4.69, 9.17) is 12.0 Å². The van der Waals surface area contributed by atoms with Crippen molar-refractivity contribution in [1.29, 1.82) is 0 Å². The maximum absolute atomic E-state index is 10.1. The third-order valence-corrected chi connectivity index (χ3v) is 1.95. The zero-order valence-corrected chi connectivity index (χ0v) is 6.02. The summed E-state index contributed by atoms with van der Waals surface area (Å²) in [6.07, 6.45) is 0.0713. The normalized spacial score (nSPS) is 9.70. The van der Waals surface area contributed by atoms with Gasteiger partial charge in [0.2, 0.25) is 0 Å². The first-order valence-corrected chi connectivity index (χ1v) is 3.61. The third-order valence-electron chi connectivity index (χ3n) is 0.999. The molecule has 0 saturated heterocycles. The minimum atomic E-state index is -0.818. The van der Waals surface area contributed by atoms with Crippen molar-refractivity contribution < 1.29 is 9.90 Å². The van der Waals surface area contributed by atoms with Crippen molar-refractivity contribution in [1.82, 2.24) is 0 Å². The van der Waals surface area contributed by atoms with Gasteiger partial charge in [-0.1, -0.05) is 0 Å². The number of hydrogen-bond donors (Lipinski definition) is 1. The highest BCUT2D eigenvalue weighted by Crippen LogP contribution is 2.13. The van der Waals surface area contributed by atoms with Crippen molar-refractivity contribution in [2.45, 2.75) is 6.42 Å². The molecule has 1 aromatic heterocycles. The Morgan fingerprint density at radius 2 is 2.50 bits per heavy atom. The molecule has 0 spiro atoms. The number of hydrogen-bond acceptors (Lipinski definition) is 2. The quantitative estimate of drug-likeness (QED) is 0.699. The Labute approximate surface area is 63.1 Å². The minimum absolute atomic E-state index is 0.0713. The van der Waals surface area contributed by atoms with E-state index in [-0.39, 0.29) is 6.42 Å². The molecule has 2 radical (unpaired) electrons. The Balaban J connectivity index is 2.67. The average molecular weight is 154 g/mol. The predicted octanol–water partition coefficient (Wildman–Crippen LogP) is 1.43. The van der Waals surface area contributed by atoms with Gasteiger partial charge in [0.25, 0.3) is 0 Å². The second kappa shape index (κ2) is 2.84. The van der Waals surface area contributed by atoms with Crippen molar-refractivity contribution in [2.75, 3.05) is 0 Å². The van der Waals surface area contributed by atoms with Crippen LogP contribution >= 0.6 is 11.3 Å². The van der Waals surface area contributed by atoms with Crippen molar-refractivity contribution >= 4 is 17.3 Å². The van der Waals surface area contributed by atoms with Crippen LogP contribution in [0, 0.1) is 6.92 Å². The molecular formula is C7H6O2S. The molecule has 0 bridgehead atoms. The molecule has 0 aromatic carbocycles. The zero-order valence-electron chi connectivity index (χ0n) is 5.20. The fourth-order valence-electron chi connectivity index (χ4n) is 0.639. The van der Waals surface area contributed by atoms with Gasteiger partial charge in [0.15, 0.2) is 0 Å². The first-order chi connectivity index (χ1) is 4.68. The fourth-order valence-corrected chi connectivity index (χ4v) is 1.41. The second-order valence-electron chi connectivity index (χ2n) is 1.92. The van der Waals surface area contributed by atoms with Crippen molar-refractivity contribution in [3.63, 3.8) is 0 Å². The molecular weight excluding hydrogens is 148 g/mol. The number of carboxylic acids is 1. The van der Waals surface area contributed by atoms with Crippen molar-refractivity contribution in [2.24, 2.45) is 0 Å². The van der Waals surface area contributed by atoms with E-state index in [0.717, 1.165) is 4.88 Å². The number of carbonyl (C=O) groups is 1. The SMILES string of the molecule is [CH]c1csc(CC(=O)O)c1. The lowest BCUT2D eigenvalue weighted by atomic mass is 10.3. The zero-order chi connectivity index (χ0) is 7.56. The van der Waals surface area contributed by atoms with Gasteiger partial charge >= 0.3 is 5.97 Å². The van der Waals surface area contributed by atoms with Gasteiger partial charge in [-0.15, -0.1) is 11.3 Å². The molecule has 0 aliphatic carbocycles. The van der Waals surface area contributed by atoms with Gasteiger partial charge in [0, 0.05) is 4.88 Å². The van der Waals surface area contributed by atoms with Gasteiger partial charge in [-0.05, 0) is 23.9 Å². The summed E-state index contributed by atoms with van der Waals surface area (Å²) in [4.78, 5) is 10.9. The summed E-state index contributed by atoms with van der Waals surface area (Å²) >= 11 is 1.37. The molecule has 1 rings (SSSR count). The Bertz CT molecular complexity index is 240. The van der Waals surface area contributed by atoms with E-state index in [2.05, 4.69) is 0 Å². The van der Waals surface area contributed by atoms with E-state index in [0.29, 0.717) is 5.56 Å². The van der Waals surface area contributed by atoms with Gasteiger partial charge in [0.1, 0.15) is 0 Å². The van der Waals surface area contributed by atoms with E-state index in [1.54, 1.807) is 11.4 Å². The van der Waals surface area contributed by atoms with E-state index >= 15 is 0 Å². The van der Waals surface area contributed by atoms with Crippen LogP contribution in [0.15, 0.2) is 11.4 Å². The number of aliphatic carboxylic acids is 1. The van der Waals surface area contributed by atoms with Crippen LogP contribution in [0.1, 0.15) is 10.4 Å². The summed E-state index contributed by atoms with van der Waals surface area (Å²) in [7, 11) is 0. The number of carboxylic acid groups (broad SMARTS) is 1. The summed E-state index contributed by atoms with van der Waals surface area (Å²) in [6, 6.07) is 1.68. The smallest absolute Gasteiger partial charge is 0.308 e. The van der Waals surface area contributed by atoms with Gasteiger partial charge in [-0.25, -0.2) is 0 Å². The van der Waals surface area contributed by atoms with E-state index in [1.807, 2.05) is 0 Å². The fraction of sp³-hybridized carbons (Fsp3) is 0.143. The maximum atomic E-state index is 10.1. The lowest BCUT2D eigenvalue weighted by Crippen LogP contribution is -1.96. The minimum Gasteiger partial charge on any atom is -0.481 e. The Morgan fingerprint density at radius 3 is 2.90 bits per heavy atom. The molecule has 10 heavy (non-hydrogen) atoms. The van der Waals surface area contributed by atoms with Crippen LogP contribution < -0.4 is 0 Å². The molecule has 0 saturated carbocycles. The Morgan fingerprint density at radius 1 is 1.80 bits per heavy atom. The van der Waals surface area contributed by atoms with Crippen LogP contribution in [0.5, 0.6) is 0 Å². The number of thiophene rings is 1. The maximum Gasteiger partial charge on any atom is 0.308 e. The highest BCUT2D eigenvalue weighted by molar-refractivity contribution is 7.10. The molecule has 0 fully saturated rings. The molecule has 0 aliphatic heterocycles. The molecule has 1 heterocycles. The van der Waals surface area contributed by atoms with Gasteiger partial charge in [-0.2, -0.15) is 0 Å².